The van der Waals surface area contributed by atoms with Crippen LogP contribution in [0.25, 0.3) is 71.3 Å². The molecule has 256 valence electrons. The smallest absolute Gasteiger partial charge is 0.00622 e. The molecular formula is C54H40. The zero-order chi connectivity index (χ0) is 35.8. The van der Waals surface area contributed by atoms with Gasteiger partial charge in [-0.1, -0.05) is 182 Å². The Balaban J connectivity index is 1.29. The van der Waals surface area contributed by atoms with Gasteiger partial charge in [0.2, 0.25) is 0 Å². The third-order valence-corrected chi connectivity index (χ3v) is 11.4. The molecule has 10 rings (SSSR count). The van der Waals surface area contributed by atoms with Gasteiger partial charge in [0.25, 0.3) is 0 Å². The van der Waals surface area contributed by atoms with Crippen LogP contribution in [0.4, 0.5) is 0 Å². The van der Waals surface area contributed by atoms with Gasteiger partial charge in [0.05, 0.1) is 0 Å². The van der Waals surface area contributed by atoms with E-state index in [-0.39, 0.29) is 0 Å². The molecule has 8 aromatic carbocycles. The first-order chi connectivity index (χ1) is 26.8. The van der Waals surface area contributed by atoms with Gasteiger partial charge >= 0.3 is 0 Å². The Morgan fingerprint density at radius 2 is 1.02 bits per heavy atom. The maximum atomic E-state index is 2.53. The third kappa shape index (κ3) is 5.72. The lowest BCUT2D eigenvalue weighted by Crippen LogP contribution is -2.05. The maximum absolute atomic E-state index is 2.53. The average Bonchev–Trinajstić information content (AvgIpc) is 3.26. The third-order valence-electron chi connectivity index (χ3n) is 11.4. The van der Waals surface area contributed by atoms with Crippen molar-refractivity contribution in [3.05, 3.63) is 222 Å². The molecule has 0 heteroatoms. The summed E-state index contributed by atoms with van der Waals surface area (Å²) < 4.78 is 0. The molecule has 0 bridgehead atoms. The van der Waals surface area contributed by atoms with Crippen LogP contribution in [0.1, 0.15) is 47.4 Å². The van der Waals surface area contributed by atoms with E-state index in [0.29, 0.717) is 5.92 Å². The second kappa shape index (κ2) is 13.8. The van der Waals surface area contributed by atoms with Crippen molar-refractivity contribution in [2.75, 3.05) is 0 Å². The molecule has 0 saturated carbocycles. The fourth-order valence-electron chi connectivity index (χ4n) is 8.82. The SMILES string of the molecule is C1=CC(c2cc(-c3ccccc3)ccc2-c2c3ccccc3c(C3=CCC(c4ccccc4)C=C3c3ccccc3)c3cc4ccccc4cc23)=CCC1. The van der Waals surface area contributed by atoms with Gasteiger partial charge in [-0.05, 0) is 131 Å². The van der Waals surface area contributed by atoms with Crippen molar-refractivity contribution in [3.8, 4) is 22.3 Å². The van der Waals surface area contributed by atoms with Crippen LogP contribution in [0.2, 0.25) is 0 Å². The van der Waals surface area contributed by atoms with Crippen molar-refractivity contribution in [1.29, 1.82) is 0 Å². The van der Waals surface area contributed by atoms with E-state index < -0.39 is 0 Å². The zero-order valence-corrected chi connectivity index (χ0v) is 30.3. The molecule has 0 nitrogen and oxygen atoms in total. The molecule has 2 aliphatic rings. The summed E-state index contributed by atoms with van der Waals surface area (Å²) in [6.45, 7) is 0. The number of benzene rings is 8. The van der Waals surface area contributed by atoms with Crippen LogP contribution in [0.5, 0.6) is 0 Å². The normalized spacial score (nSPS) is 15.6. The lowest BCUT2D eigenvalue weighted by atomic mass is 9.76. The Morgan fingerprint density at radius 1 is 0.407 bits per heavy atom. The molecule has 0 aromatic heterocycles. The monoisotopic (exact) mass is 688 g/mol. The Bertz CT molecular complexity index is 2810. The second-order valence-electron chi connectivity index (χ2n) is 14.6. The summed E-state index contributed by atoms with van der Waals surface area (Å²) in [5.74, 6) is 0.310. The standard InChI is InChI=1S/C54H40/c1-5-17-37(18-6-1)43-29-31-47(49(33-43)39-21-9-3-10-22-39)53-45-27-15-16-28-46(45)54(52-36-42-26-14-13-25-41(42)35-51(52)53)48-32-30-44(38-19-7-2-8-20-38)34-50(48)40-23-11-4-12-24-40/h1-3,5-11,13-28,30-36,43H,4,12,29H2. The van der Waals surface area contributed by atoms with Gasteiger partial charge in [0.1, 0.15) is 0 Å². The minimum Gasteiger partial charge on any atom is -0.0836 e. The van der Waals surface area contributed by atoms with E-state index >= 15 is 0 Å². The highest BCUT2D eigenvalue weighted by molar-refractivity contribution is 6.26. The molecule has 2 aliphatic carbocycles. The second-order valence-corrected chi connectivity index (χ2v) is 14.6. The summed E-state index contributed by atoms with van der Waals surface area (Å²) in [5, 5.41) is 7.66. The van der Waals surface area contributed by atoms with Crippen LogP contribution in [0, 0.1) is 0 Å². The maximum Gasteiger partial charge on any atom is 0.00622 e. The molecule has 8 aromatic rings. The average molecular weight is 689 g/mol. The van der Waals surface area contributed by atoms with Crippen molar-refractivity contribution < 1.29 is 0 Å². The van der Waals surface area contributed by atoms with Crippen molar-refractivity contribution >= 4 is 49.0 Å². The van der Waals surface area contributed by atoms with Crippen molar-refractivity contribution in [3.63, 3.8) is 0 Å². The van der Waals surface area contributed by atoms with Crippen LogP contribution in [0.3, 0.4) is 0 Å². The Kier molecular flexibility index (Phi) is 8.23. The quantitative estimate of drug-likeness (QED) is 0.153. The van der Waals surface area contributed by atoms with E-state index in [0.717, 1.165) is 19.3 Å². The lowest BCUT2D eigenvalue weighted by molar-refractivity contribution is 0.860. The Hall–Kier alpha value is -6.50. The van der Waals surface area contributed by atoms with Gasteiger partial charge in [-0.25, -0.2) is 0 Å². The largest absolute Gasteiger partial charge is 0.0836 e. The van der Waals surface area contributed by atoms with Crippen LogP contribution in [-0.2, 0) is 0 Å². The van der Waals surface area contributed by atoms with Gasteiger partial charge in [0.15, 0.2) is 0 Å². The number of allylic oxidation sites excluding steroid dienone is 8. The van der Waals surface area contributed by atoms with E-state index in [1.165, 1.54) is 93.5 Å². The summed E-state index contributed by atoms with van der Waals surface area (Å²) in [7, 11) is 0. The molecule has 54 heavy (non-hydrogen) atoms. The molecule has 0 fully saturated rings. The summed E-state index contributed by atoms with van der Waals surface area (Å²) in [5.41, 5.74) is 14.2. The predicted octanol–water partition coefficient (Wildman–Crippen LogP) is 14.9. The van der Waals surface area contributed by atoms with E-state index in [9.17, 15) is 0 Å². The first-order valence-corrected chi connectivity index (χ1v) is 19.3. The molecule has 0 saturated heterocycles. The van der Waals surface area contributed by atoms with Gasteiger partial charge < -0.3 is 0 Å². The van der Waals surface area contributed by atoms with Gasteiger partial charge in [-0.2, -0.15) is 0 Å². The topological polar surface area (TPSA) is 0 Å². The molecular weight excluding hydrogens is 649 g/mol. The fraction of sp³-hybridized carbons (Fsp3) is 0.0741. The Morgan fingerprint density at radius 3 is 1.70 bits per heavy atom. The van der Waals surface area contributed by atoms with Crippen LogP contribution in [-0.4, -0.2) is 0 Å². The summed E-state index contributed by atoms with van der Waals surface area (Å²) in [6, 6.07) is 62.8. The number of rotatable bonds is 6. The van der Waals surface area contributed by atoms with Gasteiger partial charge in [-0.3, -0.25) is 0 Å². The van der Waals surface area contributed by atoms with Crippen LogP contribution in [0.15, 0.2) is 200 Å². The number of hydrogen-bond donors (Lipinski definition) is 0. The van der Waals surface area contributed by atoms with E-state index in [1.807, 2.05) is 0 Å². The lowest BCUT2D eigenvalue weighted by Gasteiger charge is -2.27. The highest BCUT2D eigenvalue weighted by Crippen LogP contribution is 2.50. The van der Waals surface area contributed by atoms with E-state index in [4.69, 9.17) is 0 Å². The number of hydrogen-bond acceptors (Lipinski definition) is 0. The minimum atomic E-state index is 0.310. The summed E-state index contributed by atoms with van der Waals surface area (Å²) >= 11 is 0. The predicted molar refractivity (Wildman–Crippen MR) is 232 cm³/mol. The first kappa shape index (κ1) is 32.2. The fourth-order valence-corrected chi connectivity index (χ4v) is 8.82. The molecule has 1 atom stereocenters. The summed E-state index contributed by atoms with van der Waals surface area (Å²) in [4.78, 5) is 0. The molecule has 0 heterocycles. The van der Waals surface area contributed by atoms with Crippen molar-refractivity contribution in [2.24, 2.45) is 0 Å². The van der Waals surface area contributed by atoms with Crippen molar-refractivity contribution in [2.45, 2.75) is 25.2 Å². The van der Waals surface area contributed by atoms with Crippen molar-refractivity contribution in [1.82, 2.24) is 0 Å². The minimum absolute atomic E-state index is 0.310. The summed E-state index contributed by atoms with van der Waals surface area (Å²) in [6.07, 6.45) is 15.2. The highest BCUT2D eigenvalue weighted by Gasteiger charge is 2.26. The van der Waals surface area contributed by atoms with E-state index in [2.05, 4.69) is 200 Å². The molecule has 0 N–H and O–H groups in total. The van der Waals surface area contributed by atoms with E-state index in [1.54, 1.807) is 0 Å². The molecule has 0 amide bonds. The van der Waals surface area contributed by atoms with Crippen LogP contribution < -0.4 is 0 Å². The molecule has 0 spiro atoms. The molecule has 1 unspecified atom stereocenters. The van der Waals surface area contributed by atoms with Gasteiger partial charge in [0, 0.05) is 5.92 Å². The first-order valence-electron chi connectivity index (χ1n) is 19.3. The Labute approximate surface area is 317 Å². The van der Waals surface area contributed by atoms with Gasteiger partial charge in [-0.15, -0.1) is 0 Å². The van der Waals surface area contributed by atoms with Crippen LogP contribution >= 0.6 is 0 Å². The molecule has 0 radical (unpaired) electrons. The number of fused-ring (bicyclic) bond motifs is 3. The zero-order valence-electron chi connectivity index (χ0n) is 30.3. The highest BCUT2D eigenvalue weighted by atomic mass is 14.3. The molecule has 0 aliphatic heterocycles.